The molecule has 0 aliphatic rings. The van der Waals surface area contributed by atoms with Gasteiger partial charge in [-0.2, -0.15) is 0 Å². The minimum absolute atomic E-state index is 0.0463. The standard InChI is InChI=1S/C14H12BrN3O3/c1-8-2-4-10(7-13(8)18(20)21)17-14(19)11-6-9(15)3-5-12(11)16/h2-7H,16H2,1H3,(H,17,19). The summed E-state index contributed by atoms with van der Waals surface area (Å²) < 4.78 is 0.719. The Kier molecular flexibility index (Phi) is 4.23. The lowest BCUT2D eigenvalue weighted by Gasteiger charge is -2.08. The molecule has 0 saturated heterocycles. The first kappa shape index (κ1) is 15.0. The highest BCUT2D eigenvalue weighted by Gasteiger charge is 2.14. The number of nitro benzene ring substituents is 1. The first-order chi connectivity index (χ1) is 9.88. The minimum atomic E-state index is -0.488. The molecule has 6 nitrogen and oxygen atoms in total. The van der Waals surface area contributed by atoms with E-state index in [9.17, 15) is 14.9 Å². The van der Waals surface area contributed by atoms with Gasteiger partial charge in [-0.1, -0.05) is 22.0 Å². The number of nitro groups is 1. The van der Waals surface area contributed by atoms with Crippen LogP contribution in [0.25, 0.3) is 0 Å². The van der Waals surface area contributed by atoms with E-state index in [1.807, 2.05) is 0 Å². The third-order valence-corrected chi connectivity index (χ3v) is 3.42. The number of aryl methyl sites for hydroxylation is 1. The van der Waals surface area contributed by atoms with Gasteiger partial charge in [0, 0.05) is 27.5 Å². The van der Waals surface area contributed by atoms with Gasteiger partial charge in [-0.15, -0.1) is 0 Å². The van der Waals surface area contributed by atoms with Gasteiger partial charge in [0.2, 0.25) is 0 Å². The van der Waals surface area contributed by atoms with E-state index in [4.69, 9.17) is 5.73 Å². The van der Waals surface area contributed by atoms with Crippen molar-refractivity contribution in [1.29, 1.82) is 0 Å². The van der Waals surface area contributed by atoms with E-state index < -0.39 is 10.8 Å². The Morgan fingerprint density at radius 1 is 1.29 bits per heavy atom. The normalized spacial score (nSPS) is 10.2. The summed E-state index contributed by atoms with van der Waals surface area (Å²) >= 11 is 3.27. The van der Waals surface area contributed by atoms with Gasteiger partial charge in [-0.05, 0) is 31.2 Å². The number of nitrogens with one attached hydrogen (secondary N) is 1. The number of rotatable bonds is 3. The molecule has 2 aromatic rings. The highest BCUT2D eigenvalue weighted by Crippen LogP contribution is 2.24. The number of nitrogen functional groups attached to an aromatic ring is 1. The molecule has 0 saturated carbocycles. The number of carbonyl (C=O) groups is 1. The topological polar surface area (TPSA) is 98.3 Å². The lowest BCUT2D eigenvalue weighted by molar-refractivity contribution is -0.385. The van der Waals surface area contributed by atoms with E-state index >= 15 is 0 Å². The van der Waals surface area contributed by atoms with Crippen LogP contribution in [0.2, 0.25) is 0 Å². The molecule has 108 valence electrons. The van der Waals surface area contributed by atoms with Crippen LogP contribution in [0.4, 0.5) is 17.1 Å². The molecule has 2 rings (SSSR count). The predicted octanol–water partition coefficient (Wildman–Crippen LogP) is 3.50. The van der Waals surface area contributed by atoms with Crippen molar-refractivity contribution in [1.82, 2.24) is 0 Å². The molecule has 0 atom stereocenters. The van der Waals surface area contributed by atoms with Crippen LogP contribution in [0.1, 0.15) is 15.9 Å². The van der Waals surface area contributed by atoms with Crippen LogP contribution in [0.15, 0.2) is 40.9 Å². The van der Waals surface area contributed by atoms with Crippen molar-refractivity contribution in [2.75, 3.05) is 11.1 Å². The van der Waals surface area contributed by atoms with Gasteiger partial charge in [0.05, 0.1) is 10.5 Å². The monoisotopic (exact) mass is 349 g/mol. The molecular formula is C14H12BrN3O3. The summed E-state index contributed by atoms with van der Waals surface area (Å²) in [7, 11) is 0. The first-order valence-corrected chi connectivity index (χ1v) is 6.79. The van der Waals surface area contributed by atoms with E-state index in [1.165, 1.54) is 6.07 Å². The Labute approximate surface area is 129 Å². The Balaban J connectivity index is 2.29. The number of hydrogen-bond acceptors (Lipinski definition) is 4. The molecule has 0 aromatic heterocycles. The average molecular weight is 350 g/mol. The van der Waals surface area contributed by atoms with E-state index in [1.54, 1.807) is 37.3 Å². The maximum atomic E-state index is 12.2. The molecule has 0 fully saturated rings. The SMILES string of the molecule is Cc1ccc(NC(=O)c2cc(Br)ccc2N)cc1[N+](=O)[O-]. The first-order valence-electron chi connectivity index (χ1n) is 6.00. The molecule has 7 heteroatoms. The summed E-state index contributed by atoms with van der Waals surface area (Å²) in [4.78, 5) is 22.6. The minimum Gasteiger partial charge on any atom is -0.398 e. The summed E-state index contributed by atoms with van der Waals surface area (Å²) in [5.41, 5.74) is 7.21. The Morgan fingerprint density at radius 3 is 2.67 bits per heavy atom. The maximum Gasteiger partial charge on any atom is 0.274 e. The van der Waals surface area contributed by atoms with Crippen LogP contribution in [0, 0.1) is 17.0 Å². The molecule has 3 N–H and O–H groups in total. The Morgan fingerprint density at radius 2 is 2.00 bits per heavy atom. The molecule has 0 spiro atoms. The van der Waals surface area contributed by atoms with E-state index in [2.05, 4.69) is 21.2 Å². The quantitative estimate of drug-likeness (QED) is 0.503. The van der Waals surface area contributed by atoms with Crippen LogP contribution < -0.4 is 11.1 Å². The molecule has 0 bridgehead atoms. The smallest absolute Gasteiger partial charge is 0.274 e. The summed E-state index contributed by atoms with van der Waals surface area (Å²) in [6, 6.07) is 9.43. The van der Waals surface area contributed by atoms with Crippen molar-refractivity contribution in [3.8, 4) is 0 Å². The van der Waals surface area contributed by atoms with Crippen LogP contribution in [0.3, 0.4) is 0 Å². The molecule has 0 heterocycles. The Bertz CT molecular complexity index is 731. The van der Waals surface area contributed by atoms with Crippen molar-refractivity contribution in [3.63, 3.8) is 0 Å². The second-order valence-corrected chi connectivity index (χ2v) is 5.36. The molecule has 0 unspecified atom stereocenters. The summed E-state index contributed by atoms with van der Waals surface area (Å²) in [5, 5.41) is 13.5. The van der Waals surface area contributed by atoms with Gasteiger partial charge in [-0.3, -0.25) is 14.9 Å². The summed E-state index contributed by atoms with van der Waals surface area (Å²) in [5.74, 6) is -0.424. The van der Waals surface area contributed by atoms with Crippen molar-refractivity contribution in [2.45, 2.75) is 6.92 Å². The molecule has 21 heavy (non-hydrogen) atoms. The molecule has 0 radical (unpaired) electrons. The number of halogens is 1. The lowest BCUT2D eigenvalue weighted by Crippen LogP contribution is -2.14. The lowest BCUT2D eigenvalue weighted by atomic mass is 10.1. The van der Waals surface area contributed by atoms with E-state index in [0.717, 1.165) is 4.47 Å². The van der Waals surface area contributed by atoms with Gasteiger partial charge in [-0.25, -0.2) is 0 Å². The second-order valence-electron chi connectivity index (χ2n) is 4.44. The molecule has 0 aliphatic carbocycles. The van der Waals surface area contributed by atoms with Crippen molar-refractivity contribution in [3.05, 3.63) is 62.1 Å². The fourth-order valence-corrected chi connectivity index (χ4v) is 2.17. The molecule has 1 amide bonds. The van der Waals surface area contributed by atoms with Crippen LogP contribution >= 0.6 is 15.9 Å². The predicted molar refractivity (Wildman–Crippen MR) is 84.3 cm³/mol. The fourth-order valence-electron chi connectivity index (χ4n) is 1.81. The van der Waals surface area contributed by atoms with Crippen LogP contribution in [-0.4, -0.2) is 10.8 Å². The van der Waals surface area contributed by atoms with Gasteiger partial charge in [0.1, 0.15) is 0 Å². The van der Waals surface area contributed by atoms with E-state index in [0.29, 0.717) is 22.5 Å². The number of anilines is 2. The van der Waals surface area contributed by atoms with Crippen molar-refractivity contribution in [2.24, 2.45) is 0 Å². The average Bonchev–Trinajstić information content (AvgIpc) is 2.43. The summed E-state index contributed by atoms with van der Waals surface area (Å²) in [6.07, 6.45) is 0. The van der Waals surface area contributed by atoms with E-state index in [-0.39, 0.29) is 5.69 Å². The highest BCUT2D eigenvalue weighted by molar-refractivity contribution is 9.10. The third-order valence-electron chi connectivity index (χ3n) is 2.92. The van der Waals surface area contributed by atoms with Crippen molar-refractivity contribution >= 4 is 38.9 Å². The largest absolute Gasteiger partial charge is 0.398 e. The molecular weight excluding hydrogens is 338 g/mol. The number of nitrogens with zero attached hydrogens (tertiary/aromatic N) is 1. The van der Waals surface area contributed by atoms with Gasteiger partial charge in [0.25, 0.3) is 11.6 Å². The highest BCUT2D eigenvalue weighted by atomic mass is 79.9. The molecule has 0 aliphatic heterocycles. The number of hydrogen-bond donors (Lipinski definition) is 2. The number of amides is 1. The van der Waals surface area contributed by atoms with Gasteiger partial charge < -0.3 is 11.1 Å². The van der Waals surface area contributed by atoms with Gasteiger partial charge >= 0.3 is 0 Å². The zero-order chi connectivity index (χ0) is 15.6. The number of nitrogens with two attached hydrogens (primary N) is 1. The second kappa shape index (κ2) is 5.92. The van der Waals surface area contributed by atoms with Crippen molar-refractivity contribution < 1.29 is 9.72 Å². The van der Waals surface area contributed by atoms with Gasteiger partial charge in [0.15, 0.2) is 0 Å². The zero-order valence-electron chi connectivity index (χ0n) is 11.1. The Hall–Kier alpha value is -2.41. The number of carbonyl (C=O) groups excluding carboxylic acids is 1. The third kappa shape index (κ3) is 3.38. The zero-order valence-corrected chi connectivity index (χ0v) is 12.7. The number of benzene rings is 2. The van der Waals surface area contributed by atoms with Crippen LogP contribution in [-0.2, 0) is 0 Å². The maximum absolute atomic E-state index is 12.2. The molecule has 2 aromatic carbocycles. The van der Waals surface area contributed by atoms with Crippen LogP contribution in [0.5, 0.6) is 0 Å². The summed E-state index contributed by atoms with van der Waals surface area (Å²) in [6.45, 7) is 1.63. The fraction of sp³-hybridized carbons (Fsp3) is 0.0714.